The smallest absolute Gasteiger partial charge is 0.232 e. The van der Waals surface area contributed by atoms with Crippen molar-refractivity contribution >= 4 is 44.8 Å². The summed E-state index contributed by atoms with van der Waals surface area (Å²) in [6.45, 7) is 0.565. The SMILES string of the molecule is CS(=O)(=O)N(CCCC(=O)NCCc1ccc(F)cc1)c1ccc(Cl)c(Cl)c1. The van der Waals surface area contributed by atoms with Gasteiger partial charge in [-0.2, -0.15) is 0 Å². The van der Waals surface area contributed by atoms with Gasteiger partial charge in [0.2, 0.25) is 15.9 Å². The number of hydrogen-bond acceptors (Lipinski definition) is 3. The van der Waals surface area contributed by atoms with Crippen molar-refractivity contribution in [1.82, 2.24) is 5.32 Å². The highest BCUT2D eigenvalue weighted by molar-refractivity contribution is 7.92. The molecule has 1 amide bonds. The zero-order chi connectivity index (χ0) is 20.7. The van der Waals surface area contributed by atoms with Gasteiger partial charge in [-0.1, -0.05) is 35.3 Å². The molecule has 0 aliphatic heterocycles. The average molecular weight is 447 g/mol. The molecule has 0 aliphatic rings. The van der Waals surface area contributed by atoms with Crippen molar-refractivity contribution in [1.29, 1.82) is 0 Å². The molecule has 2 aromatic rings. The van der Waals surface area contributed by atoms with Crippen LogP contribution in [0, 0.1) is 5.82 Å². The third kappa shape index (κ3) is 6.96. The van der Waals surface area contributed by atoms with Gasteiger partial charge < -0.3 is 5.32 Å². The first-order valence-corrected chi connectivity index (χ1v) is 11.2. The van der Waals surface area contributed by atoms with Crippen molar-refractivity contribution < 1.29 is 17.6 Å². The first-order chi connectivity index (χ1) is 13.2. The molecule has 0 heterocycles. The van der Waals surface area contributed by atoms with Crippen molar-refractivity contribution in [3.05, 3.63) is 63.9 Å². The van der Waals surface area contributed by atoms with Crippen LogP contribution in [0.4, 0.5) is 10.1 Å². The molecule has 0 aromatic heterocycles. The summed E-state index contributed by atoms with van der Waals surface area (Å²) in [5.74, 6) is -0.477. The number of amides is 1. The highest BCUT2D eigenvalue weighted by Gasteiger charge is 2.18. The Balaban J connectivity index is 1.83. The molecule has 2 rings (SSSR count). The lowest BCUT2D eigenvalue weighted by Crippen LogP contribution is -2.32. The maximum atomic E-state index is 12.9. The fourth-order valence-electron chi connectivity index (χ4n) is 2.60. The molecule has 1 N–H and O–H groups in total. The third-order valence-electron chi connectivity index (χ3n) is 4.01. The highest BCUT2D eigenvalue weighted by atomic mass is 35.5. The standard InChI is InChI=1S/C19H21Cl2FN2O3S/c1-28(26,27)24(16-8-9-17(20)18(21)13-16)12-2-3-19(25)23-11-10-14-4-6-15(22)7-5-14/h4-9,13H,2-3,10-12H2,1H3,(H,23,25). The molecular formula is C19H21Cl2FN2O3S. The van der Waals surface area contributed by atoms with E-state index in [1.807, 2.05) is 0 Å². The fourth-order valence-corrected chi connectivity index (χ4v) is 3.85. The summed E-state index contributed by atoms with van der Waals surface area (Å²) in [7, 11) is -3.53. The number of carbonyl (C=O) groups is 1. The van der Waals surface area contributed by atoms with Gasteiger partial charge in [-0.25, -0.2) is 12.8 Å². The minimum atomic E-state index is -3.53. The van der Waals surface area contributed by atoms with Crippen LogP contribution in [0.2, 0.25) is 10.0 Å². The fraction of sp³-hybridized carbons (Fsp3) is 0.316. The molecule has 28 heavy (non-hydrogen) atoms. The molecule has 0 saturated heterocycles. The molecule has 0 bridgehead atoms. The summed E-state index contributed by atoms with van der Waals surface area (Å²) in [5.41, 5.74) is 1.32. The van der Waals surface area contributed by atoms with Gasteiger partial charge in [-0.15, -0.1) is 0 Å². The van der Waals surface area contributed by atoms with Crippen molar-refractivity contribution in [3.63, 3.8) is 0 Å². The van der Waals surface area contributed by atoms with E-state index in [0.717, 1.165) is 11.8 Å². The number of hydrogen-bond donors (Lipinski definition) is 1. The van der Waals surface area contributed by atoms with Crippen molar-refractivity contribution in [2.24, 2.45) is 0 Å². The van der Waals surface area contributed by atoms with Crippen LogP contribution < -0.4 is 9.62 Å². The van der Waals surface area contributed by atoms with E-state index in [4.69, 9.17) is 23.2 Å². The topological polar surface area (TPSA) is 66.5 Å². The summed E-state index contributed by atoms with van der Waals surface area (Å²) in [5, 5.41) is 3.36. The van der Waals surface area contributed by atoms with E-state index in [9.17, 15) is 17.6 Å². The number of sulfonamides is 1. The van der Waals surface area contributed by atoms with E-state index < -0.39 is 10.0 Å². The van der Waals surface area contributed by atoms with E-state index >= 15 is 0 Å². The second kappa shape index (κ2) is 10.1. The molecule has 2 aromatic carbocycles. The van der Waals surface area contributed by atoms with Crippen molar-refractivity contribution in [2.45, 2.75) is 19.3 Å². The summed E-state index contributed by atoms with van der Waals surface area (Å²) < 4.78 is 38.2. The maximum absolute atomic E-state index is 12.9. The molecule has 5 nitrogen and oxygen atoms in total. The number of carbonyl (C=O) groups excluding carboxylic acids is 1. The number of rotatable bonds is 9. The number of nitrogens with one attached hydrogen (secondary N) is 1. The van der Waals surface area contributed by atoms with Gasteiger partial charge in [0.25, 0.3) is 0 Å². The predicted octanol–water partition coefficient (Wildman–Crippen LogP) is 4.04. The van der Waals surface area contributed by atoms with Gasteiger partial charge in [0.1, 0.15) is 5.82 Å². The van der Waals surface area contributed by atoms with Crippen LogP contribution in [-0.2, 0) is 21.2 Å². The Morgan fingerprint density at radius 1 is 1.11 bits per heavy atom. The molecule has 0 unspecified atom stereocenters. The Labute approximate surface area is 174 Å². The van der Waals surface area contributed by atoms with Crippen molar-refractivity contribution in [3.8, 4) is 0 Å². The first-order valence-electron chi connectivity index (χ1n) is 8.61. The van der Waals surface area contributed by atoms with E-state index in [0.29, 0.717) is 30.1 Å². The summed E-state index contributed by atoms with van der Waals surface area (Å²) >= 11 is 11.8. The largest absolute Gasteiger partial charge is 0.356 e. The molecule has 0 atom stereocenters. The molecular weight excluding hydrogens is 426 g/mol. The normalized spacial score (nSPS) is 11.3. The Bertz CT molecular complexity index is 921. The van der Waals surface area contributed by atoms with Crippen LogP contribution in [0.15, 0.2) is 42.5 Å². The highest BCUT2D eigenvalue weighted by Crippen LogP contribution is 2.28. The number of anilines is 1. The van der Waals surface area contributed by atoms with Crippen LogP contribution in [0.1, 0.15) is 18.4 Å². The van der Waals surface area contributed by atoms with E-state index in [-0.39, 0.29) is 29.7 Å². The van der Waals surface area contributed by atoms with Crippen LogP contribution in [0.3, 0.4) is 0 Å². The zero-order valence-corrected chi connectivity index (χ0v) is 17.6. The first kappa shape index (κ1) is 22.5. The van der Waals surface area contributed by atoms with Gasteiger partial charge in [0.15, 0.2) is 0 Å². The van der Waals surface area contributed by atoms with Gasteiger partial charge >= 0.3 is 0 Å². The molecule has 0 aliphatic carbocycles. The van der Waals surface area contributed by atoms with E-state index in [1.54, 1.807) is 18.2 Å². The molecule has 152 valence electrons. The van der Waals surface area contributed by atoms with Crippen LogP contribution >= 0.6 is 23.2 Å². The number of halogens is 3. The minimum absolute atomic E-state index is 0.141. The van der Waals surface area contributed by atoms with Crippen molar-refractivity contribution in [2.75, 3.05) is 23.7 Å². The van der Waals surface area contributed by atoms with E-state index in [2.05, 4.69) is 5.32 Å². The molecule has 0 fully saturated rings. The lowest BCUT2D eigenvalue weighted by Gasteiger charge is -2.22. The Morgan fingerprint density at radius 2 is 1.79 bits per heavy atom. The maximum Gasteiger partial charge on any atom is 0.232 e. The average Bonchev–Trinajstić information content (AvgIpc) is 2.62. The van der Waals surface area contributed by atoms with Crippen LogP contribution in [-0.4, -0.2) is 33.7 Å². The zero-order valence-electron chi connectivity index (χ0n) is 15.3. The summed E-state index contributed by atoms with van der Waals surface area (Å²) in [6, 6.07) is 10.7. The Kier molecular flexibility index (Phi) is 8.10. The van der Waals surface area contributed by atoms with Crippen LogP contribution in [0.25, 0.3) is 0 Å². The third-order valence-corrected chi connectivity index (χ3v) is 5.94. The predicted molar refractivity (Wildman–Crippen MR) is 111 cm³/mol. The summed E-state index contributed by atoms with van der Waals surface area (Å²) in [4.78, 5) is 12.0. The second-order valence-corrected chi connectivity index (χ2v) is 8.98. The quantitative estimate of drug-likeness (QED) is 0.631. The Morgan fingerprint density at radius 3 is 2.39 bits per heavy atom. The lowest BCUT2D eigenvalue weighted by molar-refractivity contribution is -0.121. The molecule has 0 saturated carbocycles. The lowest BCUT2D eigenvalue weighted by atomic mass is 10.1. The van der Waals surface area contributed by atoms with Gasteiger partial charge in [0, 0.05) is 19.5 Å². The minimum Gasteiger partial charge on any atom is -0.356 e. The molecule has 0 spiro atoms. The number of benzene rings is 2. The monoisotopic (exact) mass is 446 g/mol. The van der Waals surface area contributed by atoms with E-state index in [1.165, 1.54) is 28.6 Å². The van der Waals surface area contributed by atoms with Gasteiger partial charge in [0.05, 0.1) is 22.0 Å². The molecule has 0 radical (unpaired) electrons. The summed E-state index contributed by atoms with van der Waals surface area (Å²) in [6.07, 6.45) is 2.20. The van der Waals surface area contributed by atoms with Crippen LogP contribution in [0.5, 0.6) is 0 Å². The molecule has 9 heteroatoms. The Hall–Kier alpha value is -1.83. The number of nitrogens with zero attached hydrogens (tertiary/aromatic N) is 1. The van der Waals surface area contributed by atoms with Gasteiger partial charge in [-0.05, 0) is 48.7 Å². The van der Waals surface area contributed by atoms with Gasteiger partial charge in [-0.3, -0.25) is 9.10 Å². The second-order valence-electron chi connectivity index (χ2n) is 6.26.